The minimum atomic E-state index is -0.932. The number of quaternary nitrogens is 1. The van der Waals surface area contributed by atoms with Gasteiger partial charge in [-0.05, 0) is 12.1 Å². The number of hydrogen-bond donors (Lipinski definition) is 1. The third-order valence-corrected chi connectivity index (χ3v) is 5.26. The lowest BCUT2D eigenvalue weighted by Crippen LogP contribution is -2.47. The maximum atomic E-state index is 15.0. The minimum Gasteiger partial charge on any atom is -0.497 e. The van der Waals surface area contributed by atoms with Crippen LogP contribution in [-0.4, -0.2) is 24.7 Å². The van der Waals surface area contributed by atoms with Crippen molar-refractivity contribution in [3.63, 3.8) is 0 Å². The van der Waals surface area contributed by atoms with Crippen LogP contribution in [0.2, 0.25) is 10.0 Å². The van der Waals surface area contributed by atoms with Gasteiger partial charge in [-0.1, -0.05) is 34.8 Å². The van der Waals surface area contributed by atoms with E-state index in [0.29, 0.717) is 17.5 Å². The summed E-state index contributed by atoms with van der Waals surface area (Å²) in [6, 6.07) is 6.41. The average Bonchev–Trinajstić information content (AvgIpc) is 2.84. The molecule has 9 heteroatoms. The number of hydrogen-bond acceptors (Lipinski definition) is 3. The third kappa shape index (κ3) is 3.02. The molecular weight excluding hydrogens is 421 g/mol. The van der Waals surface area contributed by atoms with Crippen molar-refractivity contribution in [1.29, 1.82) is 0 Å². The van der Waals surface area contributed by atoms with Crippen LogP contribution in [0.4, 0.5) is 20.2 Å². The summed E-state index contributed by atoms with van der Waals surface area (Å²) < 4.78 is 33.2. The SMILES string of the molecule is COc1ccc([N+]2(c3c(F)cc(F)cc3Cl)C(C)=NC(Cl)=C2CO)c(Cl)c1. The highest BCUT2D eigenvalue weighted by molar-refractivity contribution is 6.37. The van der Waals surface area contributed by atoms with E-state index in [9.17, 15) is 13.9 Å². The topological polar surface area (TPSA) is 41.8 Å². The van der Waals surface area contributed by atoms with Crippen molar-refractivity contribution in [1.82, 2.24) is 4.48 Å². The summed E-state index contributed by atoms with van der Waals surface area (Å²) in [4.78, 5) is 4.20. The van der Waals surface area contributed by atoms with Crippen LogP contribution in [0, 0.1) is 11.6 Å². The summed E-state index contributed by atoms with van der Waals surface area (Å²) in [5.74, 6) is -1.01. The summed E-state index contributed by atoms with van der Waals surface area (Å²) in [5, 5.41) is 9.97. The van der Waals surface area contributed by atoms with E-state index in [-0.39, 0.29) is 32.4 Å². The van der Waals surface area contributed by atoms with Gasteiger partial charge in [-0.25, -0.2) is 8.78 Å². The molecule has 2 aromatic rings. The number of nitrogens with zero attached hydrogens (tertiary/aromatic N) is 2. The second-order valence-electron chi connectivity index (χ2n) is 5.76. The van der Waals surface area contributed by atoms with Crippen LogP contribution in [0.25, 0.3) is 0 Å². The molecular formula is C18H14Cl3F2N2O2+. The molecule has 4 nitrogen and oxygen atoms in total. The lowest BCUT2D eigenvalue weighted by atomic mass is 10.1. The fourth-order valence-corrected chi connectivity index (χ4v) is 4.19. The Morgan fingerprint density at radius 1 is 1.11 bits per heavy atom. The first-order chi connectivity index (χ1) is 12.8. The van der Waals surface area contributed by atoms with Crippen molar-refractivity contribution < 1.29 is 18.6 Å². The number of aliphatic hydroxyl groups excluding tert-OH is 1. The van der Waals surface area contributed by atoms with Crippen molar-refractivity contribution in [3.8, 4) is 5.75 Å². The Morgan fingerprint density at radius 3 is 2.37 bits per heavy atom. The van der Waals surface area contributed by atoms with Crippen LogP contribution in [0.5, 0.6) is 5.75 Å². The molecule has 27 heavy (non-hydrogen) atoms. The van der Waals surface area contributed by atoms with E-state index in [1.165, 1.54) is 13.2 Å². The third-order valence-electron chi connectivity index (χ3n) is 4.37. The van der Waals surface area contributed by atoms with E-state index in [0.717, 1.165) is 6.07 Å². The van der Waals surface area contributed by atoms with Crippen molar-refractivity contribution >= 4 is 52.0 Å². The number of halogens is 5. The summed E-state index contributed by atoms with van der Waals surface area (Å²) in [7, 11) is 1.48. The summed E-state index contributed by atoms with van der Waals surface area (Å²) >= 11 is 18.9. The van der Waals surface area contributed by atoms with E-state index in [2.05, 4.69) is 4.99 Å². The molecule has 3 rings (SSSR count). The maximum Gasteiger partial charge on any atom is 0.216 e. The quantitative estimate of drug-likeness (QED) is 0.492. The van der Waals surface area contributed by atoms with Crippen molar-refractivity contribution in [2.75, 3.05) is 13.7 Å². The number of benzene rings is 2. The highest BCUT2D eigenvalue weighted by atomic mass is 35.5. The number of ether oxygens (including phenoxy) is 1. The standard InChI is InChI=1S/C18H14Cl3F2N2O2/c1-9-24-18(21)16(8-26)25(9,15-4-3-11(27-2)7-12(15)19)17-13(20)5-10(22)6-14(17)23/h3-7,26H,8H2,1-2H3/q+1. The Morgan fingerprint density at radius 2 is 1.81 bits per heavy atom. The Bertz CT molecular complexity index is 972. The van der Waals surface area contributed by atoms with Gasteiger partial charge in [-0.3, -0.25) is 0 Å². The zero-order valence-electron chi connectivity index (χ0n) is 14.2. The molecule has 1 aliphatic rings. The highest BCUT2D eigenvalue weighted by Gasteiger charge is 2.51. The zero-order valence-corrected chi connectivity index (χ0v) is 16.5. The minimum absolute atomic E-state index is 0.0262. The van der Waals surface area contributed by atoms with Crippen molar-refractivity contribution in [3.05, 3.63) is 62.9 Å². The molecule has 0 spiro atoms. The molecule has 0 radical (unpaired) electrons. The molecule has 0 aromatic heterocycles. The van der Waals surface area contributed by atoms with Gasteiger partial charge in [0.1, 0.15) is 28.2 Å². The average molecular weight is 435 g/mol. The Balaban J connectivity index is 2.46. The first-order valence-corrected chi connectivity index (χ1v) is 8.85. The molecule has 0 aliphatic carbocycles. The smallest absolute Gasteiger partial charge is 0.216 e. The van der Waals surface area contributed by atoms with E-state index >= 15 is 0 Å². The molecule has 0 fully saturated rings. The Hall–Kier alpha value is -1.70. The van der Waals surface area contributed by atoms with E-state index < -0.39 is 22.7 Å². The lowest BCUT2D eigenvalue weighted by molar-refractivity contribution is 0.309. The van der Waals surface area contributed by atoms with Crippen molar-refractivity contribution in [2.45, 2.75) is 6.92 Å². The monoisotopic (exact) mass is 433 g/mol. The number of amidine groups is 1. The molecule has 2 aromatic carbocycles. The largest absolute Gasteiger partial charge is 0.497 e. The lowest BCUT2D eigenvalue weighted by Gasteiger charge is -2.35. The van der Waals surface area contributed by atoms with Crippen LogP contribution >= 0.6 is 34.8 Å². The number of aliphatic hydroxyl groups is 1. The first-order valence-electron chi connectivity index (χ1n) is 7.71. The Labute approximate surface area is 169 Å². The van der Waals surface area contributed by atoms with Gasteiger partial charge in [0.2, 0.25) is 11.5 Å². The molecule has 1 N–H and O–H groups in total. The molecule has 0 saturated carbocycles. The van der Waals surface area contributed by atoms with Gasteiger partial charge in [0, 0.05) is 25.1 Å². The van der Waals surface area contributed by atoms with Crippen LogP contribution in [0.1, 0.15) is 6.92 Å². The molecule has 142 valence electrons. The fraction of sp³-hybridized carbons (Fsp3) is 0.167. The van der Waals surface area contributed by atoms with Gasteiger partial charge < -0.3 is 9.84 Å². The first kappa shape index (κ1) is 20.0. The number of aliphatic imine (C=N–C) groups is 1. The zero-order chi connectivity index (χ0) is 19.9. The maximum absolute atomic E-state index is 15.0. The van der Waals surface area contributed by atoms with Gasteiger partial charge >= 0.3 is 0 Å². The number of methoxy groups -OCH3 is 1. The summed E-state index contributed by atoms with van der Waals surface area (Å²) in [5.41, 5.74) is 0.311. The van der Waals surface area contributed by atoms with E-state index in [4.69, 9.17) is 39.5 Å². The van der Waals surface area contributed by atoms with Gasteiger partial charge in [0.05, 0.1) is 7.11 Å². The molecule has 0 saturated heterocycles. The van der Waals surface area contributed by atoms with Crippen LogP contribution in [0.15, 0.2) is 46.2 Å². The summed E-state index contributed by atoms with van der Waals surface area (Å²) in [6.07, 6.45) is 0. The molecule has 1 heterocycles. The molecule has 1 unspecified atom stereocenters. The Kier molecular flexibility index (Phi) is 5.47. The van der Waals surface area contributed by atoms with Gasteiger partial charge in [-0.15, -0.1) is 0 Å². The molecule has 0 bridgehead atoms. The van der Waals surface area contributed by atoms with Crippen molar-refractivity contribution in [2.24, 2.45) is 4.99 Å². The van der Waals surface area contributed by atoms with Gasteiger partial charge in [0.15, 0.2) is 22.4 Å². The van der Waals surface area contributed by atoms with Crippen LogP contribution in [0.3, 0.4) is 0 Å². The normalized spacial score (nSPS) is 19.5. The summed E-state index contributed by atoms with van der Waals surface area (Å²) in [6.45, 7) is 1.03. The van der Waals surface area contributed by atoms with E-state index in [1.54, 1.807) is 19.1 Å². The molecule has 1 atom stereocenters. The highest BCUT2D eigenvalue weighted by Crippen LogP contribution is 2.52. The van der Waals surface area contributed by atoms with Crippen LogP contribution < -0.4 is 9.22 Å². The molecule has 1 aliphatic heterocycles. The van der Waals surface area contributed by atoms with Crippen LogP contribution in [-0.2, 0) is 0 Å². The second kappa shape index (κ2) is 7.37. The second-order valence-corrected chi connectivity index (χ2v) is 6.93. The van der Waals surface area contributed by atoms with E-state index in [1.807, 2.05) is 0 Å². The van der Waals surface area contributed by atoms with Gasteiger partial charge in [0.25, 0.3) is 0 Å². The fourth-order valence-electron chi connectivity index (χ4n) is 3.27. The predicted molar refractivity (Wildman–Crippen MR) is 104 cm³/mol. The number of rotatable bonds is 4. The van der Waals surface area contributed by atoms with Gasteiger partial charge in [-0.2, -0.15) is 9.48 Å². The predicted octanol–water partition coefficient (Wildman–Crippen LogP) is 5.75. The molecule has 0 amide bonds.